The van der Waals surface area contributed by atoms with Crippen molar-refractivity contribution in [2.45, 2.75) is 51.4 Å². The molecule has 63 heavy (non-hydrogen) atoms. The minimum absolute atomic E-state index is 0.0144. The van der Waals surface area contributed by atoms with Crippen LogP contribution in [0.1, 0.15) is 72.1 Å². The van der Waals surface area contributed by atoms with Crippen molar-refractivity contribution in [2.75, 3.05) is 72.0 Å². The topological polar surface area (TPSA) is 117 Å². The van der Waals surface area contributed by atoms with Crippen LogP contribution in [0.3, 0.4) is 0 Å². The van der Waals surface area contributed by atoms with E-state index in [9.17, 15) is 18.4 Å². The third-order valence-electron chi connectivity index (χ3n) is 10.8. The highest BCUT2D eigenvalue weighted by Crippen LogP contribution is 2.33. The maximum absolute atomic E-state index is 14.3. The van der Waals surface area contributed by atoms with Crippen molar-refractivity contribution in [3.63, 3.8) is 0 Å². The highest BCUT2D eigenvalue weighted by atomic mass is 35.5. The SMILES string of the molecule is Nc1ccc(OCCCCl)c2ccccc12.O=C(Nc1ccc(OCCCCl)c2ccccc12)c1cc(F)cc(N2CCCCC2)c1.O=C(O)c1cc(F)cc(N2CCCCC2)c1. The molecule has 4 N–H and O–H groups in total. The molecule has 2 heterocycles. The van der Waals surface area contributed by atoms with Gasteiger partial charge in [-0.3, -0.25) is 4.79 Å². The van der Waals surface area contributed by atoms with Gasteiger partial charge >= 0.3 is 5.97 Å². The van der Waals surface area contributed by atoms with Crippen LogP contribution in [0.15, 0.2) is 109 Å². The first-order valence-electron chi connectivity index (χ1n) is 21.5. The number of amides is 1. The van der Waals surface area contributed by atoms with Gasteiger partial charge in [0.1, 0.15) is 23.1 Å². The molecule has 13 heteroatoms. The van der Waals surface area contributed by atoms with Gasteiger partial charge in [-0.05, 0) is 112 Å². The van der Waals surface area contributed by atoms with Crippen molar-refractivity contribution in [1.82, 2.24) is 0 Å². The fourth-order valence-corrected chi connectivity index (χ4v) is 7.89. The summed E-state index contributed by atoms with van der Waals surface area (Å²) in [4.78, 5) is 28.0. The monoisotopic (exact) mass is 898 g/mol. The Morgan fingerprint density at radius 3 is 1.59 bits per heavy atom. The van der Waals surface area contributed by atoms with Crippen LogP contribution in [0.25, 0.3) is 21.5 Å². The number of alkyl halides is 2. The van der Waals surface area contributed by atoms with Gasteiger partial charge in [0.05, 0.1) is 18.8 Å². The summed E-state index contributed by atoms with van der Waals surface area (Å²) in [7, 11) is 0. The Labute approximate surface area is 377 Å². The maximum atomic E-state index is 14.3. The number of nitrogens with two attached hydrogens (primary N) is 1. The largest absolute Gasteiger partial charge is 0.493 e. The van der Waals surface area contributed by atoms with E-state index in [1.807, 2.05) is 77.7 Å². The van der Waals surface area contributed by atoms with Gasteiger partial charge < -0.3 is 35.4 Å². The Bertz CT molecular complexity index is 2460. The number of carbonyl (C=O) groups is 2. The number of rotatable bonds is 13. The van der Waals surface area contributed by atoms with Crippen LogP contribution < -0.4 is 30.3 Å². The number of aromatic carboxylic acids is 1. The molecule has 6 aromatic rings. The van der Waals surface area contributed by atoms with Crippen LogP contribution in [-0.2, 0) is 0 Å². The highest BCUT2D eigenvalue weighted by molar-refractivity contribution is 6.18. The number of nitrogen functional groups attached to an aromatic ring is 1. The lowest BCUT2D eigenvalue weighted by Crippen LogP contribution is -2.29. The van der Waals surface area contributed by atoms with Crippen LogP contribution in [-0.4, -0.2) is 68.1 Å². The van der Waals surface area contributed by atoms with Crippen LogP contribution in [0.4, 0.5) is 31.5 Å². The first-order chi connectivity index (χ1) is 30.6. The van der Waals surface area contributed by atoms with Gasteiger partial charge in [0.2, 0.25) is 0 Å². The third kappa shape index (κ3) is 13.1. The number of nitrogens with zero attached hydrogens (tertiary/aromatic N) is 2. The summed E-state index contributed by atoms with van der Waals surface area (Å²) in [5, 5.41) is 15.7. The van der Waals surface area contributed by atoms with E-state index < -0.39 is 17.6 Å². The predicted octanol–water partition coefficient (Wildman–Crippen LogP) is 12.2. The molecule has 2 fully saturated rings. The zero-order chi connectivity index (χ0) is 44.6. The van der Waals surface area contributed by atoms with Crippen LogP contribution in [0.2, 0.25) is 0 Å². The second-order valence-corrected chi connectivity index (χ2v) is 16.1. The Kier molecular flexibility index (Phi) is 17.5. The van der Waals surface area contributed by atoms with Crippen LogP contribution in [0, 0.1) is 11.6 Å². The normalized spacial score (nSPS) is 13.7. The molecule has 332 valence electrons. The van der Waals surface area contributed by atoms with Crippen LogP contribution >= 0.6 is 23.2 Å². The summed E-state index contributed by atoms with van der Waals surface area (Å²) in [6.07, 6.45) is 8.33. The third-order valence-corrected chi connectivity index (χ3v) is 11.4. The van der Waals surface area contributed by atoms with Crippen molar-refractivity contribution >= 4 is 79.4 Å². The number of ether oxygens (including phenoxy) is 2. The molecule has 0 bridgehead atoms. The summed E-state index contributed by atoms with van der Waals surface area (Å²) < 4.78 is 39.1. The number of carbonyl (C=O) groups excluding carboxylic acids is 1. The standard InChI is InChI=1S/C25H26ClFN2O2.C13H14ClNO.C12H14FNO2/c26-11-6-14-31-24-10-9-23(21-7-2-3-8-22(21)24)28-25(30)18-15-19(27)17-20(16-18)29-12-4-1-5-13-29;14-8-3-9-16-13-7-6-12(15)10-4-1-2-5-11(10)13;13-10-6-9(12(15)16)7-11(8-10)14-4-2-1-3-5-14/h2-3,7-10,15-17H,1,4-6,11-14H2,(H,28,30);1-2,4-7H,3,8-9,15H2;6-8H,1-5H2,(H,15,16). The molecule has 0 spiro atoms. The number of hydrogen-bond acceptors (Lipinski definition) is 7. The molecule has 1 amide bonds. The molecule has 9 nitrogen and oxygen atoms in total. The zero-order valence-electron chi connectivity index (χ0n) is 35.3. The fourth-order valence-electron chi connectivity index (χ4n) is 7.67. The molecule has 6 aromatic carbocycles. The Morgan fingerprint density at radius 1 is 0.603 bits per heavy atom. The average Bonchev–Trinajstić information content (AvgIpc) is 3.31. The molecule has 2 aliphatic rings. The summed E-state index contributed by atoms with van der Waals surface area (Å²) in [6, 6.07) is 31.7. The number of carboxylic acid groups (broad SMARTS) is 1. The van der Waals surface area contributed by atoms with Crippen molar-refractivity contribution in [1.29, 1.82) is 0 Å². The molecule has 0 aromatic heterocycles. The molecule has 0 saturated carbocycles. The maximum Gasteiger partial charge on any atom is 0.335 e. The zero-order valence-corrected chi connectivity index (χ0v) is 36.8. The quantitative estimate of drug-likeness (QED) is 0.0596. The molecular formula is C50H54Cl2F2N4O5. The number of anilines is 4. The summed E-state index contributed by atoms with van der Waals surface area (Å²) in [6.45, 7) is 4.70. The van der Waals surface area contributed by atoms with E-state index in [4.69, 9.17) is 43.5 Å². The Morgan fingerprint density at radius 2 is 1.06 bits per heavy atom. The molecule has 0 atom stereocenters. The molecule has 8 rings (SSSR count). The van der Waals surface area contributed by atoms with E-state index in [1.54, 1.807) is 6.07 Å². The average molecular weight is 900 g/mol. The summed E-state index contributed by atoms with van der Waals surface area (Å²) in [5.41, 5.74) is 9.11. The van der Waals surface area contributed by atoms with Gasteiger partial charge in [0.25, 0.3) is 5.91 Å². The lowest BCUT2D eigenvalue weighted by molar-refractivity contribution is 0.0696. The summed E-state index contributed by atoms with van der Waals surface area (Å²) >= 11 is 11.4. The molecule has 0 radical (unpaired) electrons. The summed E-state index contributed by atoms with van der Waals surface area (Å²) in [5.74, 6) is 0.469. The van der Waals surface area contributed by atoms with Crippen LogP contribution in [0.5, 0.6) is 11.5 Å². The molecule has 0 aliphatic carbocycles. The minimum Gasteiger partial charge on any atom is -0.493 e. The number of carboxylic acids is 1. The molecule has 2 saturated heterocycles. The lowest BCUT2D eigenvalue weighted by Gasteiger charge is -2.29. The van der Waals surface area contributed by atoms with Gasteiger partial charge in [0.15, 0.2) is 0 Å². The Hall–Kier alpha value is -5.78. The number of benzene rings is 6. The number of fused-ring (bicyclic) bond motifs is 2. The van der Waals surface area contributed by atoms with E-state index >= 15 is 0 Å². The Balaban J connectivity index is 0.000000173. The number of piperidine rings is 2. The van der Waals surface area contributed by atoms with E-state index in [-0.39, 0.29) is 11.5 Å². The van der Waals surface area contributed by atoms with Crippen molar-refractivity contribution in [2.24, 2.45) is 0 Å². The van der Waals surface area contributed by atoms with Crippen molar-refractivity contribution in [3.05, 3.63) is 132 Å². The highest BCUT2D eigenvalue weighted by Gasteiger charge is 2.18. The smallest absolute Gasteiger partial charge is 0.335 e. The van der Waals surface area contributed by atoms with Crippen molar-refractivity contribution in [3.8, 4) is 11.5 Å². The van der Waals surface area contributed by atoms with Gasteiger partial charge in [-0.15, -0.1) is 23.2 Å². The fraction of sp³-hybridized carbons (Fsp3) is 0.320. The lowest BCUT2D eigenvalue weighted by atomic mass is 10.1. The molecule has 0 unspecified atom stereocenters. The number of hydrogen-bond donors (Lipinski definition) is 3. The molecule has 2 aliphatic heterocycles. The van der Waals surface area contributed by atoms with Crippen molar-refractivity contribution < 1.29 is 33.0 Å². The minimum atomic E-state index is -1.09. The second-order valence-electron chi connectivity index (χ2n) is 15.4. The van der Waals surface area contributed by atoms with Gasteiger partial charge in [0, 0.05) is 87.8 Å². The predicted molar refractivity (Wildman–Crippen MR) is 254 cm³/mol. The number of nitrogens with one attached hydrogen (secondary N) is 1. The molecular weight excluding hydrogens is 845 g/mol. The van der Waals surface area contributed by atoms with E-state index in [0.717, 1.165) is 115 Å². The second kappa shape index (κ2) is 23.6. The first-order valence-corrected chi connectivity index (χ1v) is 22.5. The van der Waals surface area contributed by atoms with E-state index in [0.29, 0.717) is 41.9 Å². The van der Waals surface area contributed by atoms with Gasteiger partial charge in [-0.25, -0.2) is 13.6 Å². The van der Waals surface area contributed by atoms with Gasteiger partial charge in [-0.2, -0.15) is 0 Å². The van der Waals surface area contributed by atoms with E-state index in [1.165, 1.54) is 37.1 Å². The van der Waals surface area contributed by atoms with Gasteiger partial charge in [-0.1, -0.05) is 48.5 Å². The number of halogens is 4. The van der Waals surface area contributed by atoms with E-state index in [2.05, 4.69) is 10.2 Å². The first kappa shape index (κ1) is 46.7.